The lowest BCUT2D eigenvalue weighted by atomic mass is 10.1. The second-order valence-corrected chi connectivity index (χ2v) is 4.34. The number of carbonyl (C=O) groups is 1. The minimum Gasteiger partial charge on any atom is -0.350 e. The number of nitrogens with zero attached hydrogens (tertiary/aromatic N) is 1. The molecule has 0 N–H and O–H groups in total. The van der Waals surface area contributed by atoms with Gasteiger partial charge in [0, 0.05) is 29.7 Å². The Balaban J connectivity index is 2.56. The van der Waals surface area contributed by atoms with Gasteiger partial charge in [0.05, 0.1) is 0 Å². The maximum Gasteiger partial charge on any atom is 0.152 e. The average molecular weight is 227 g/mol. The summed E-state index contributed by atoms with van der Waals surface area (Å²) in [5.41, 5.74) is 3.65. The first kappa shape index (κ1) is 11.6. The van der Waals surface area contributed by atoms with Crippen molar-refractivity contribution in [2.24, 2.45) is 7.05 Å². The fourth-order valence-electron chi connectivity index (χ4n) is 2.02. The average Bonchev–Trinajstić information content (AvgIpc) is 2.63. The lowest BCUT2D eigenvalue weighted by Crippen LogP contribution is -1.85. The van der Waals surface area contributed by atoms with Crippen molar-refractivity contribution in [3.63, 3.8) is 0 Å². The Morgan fingerprint density at radius 3 is 2.82 bits per heavy atom. The minimum absolute atomic E-state index is 0.0761. The minimum atomic E-state index is 0.0761. The first-order valence-electron chi connectivity index (χ1n) is 5.88. The van der Waals surface area contributed by atoms with E-state index in [4.69, 9.17) is 0 Å². The number of allylic oxidation sites excluding steroid dienone is 1. The van der Waals surface area contributed by atoms with Crippen LogP contribution in [-0.2, 0) is 18.3 Å². The van der Waals surface area contributed by atoms with E-state index in [1.807, 2.05) is 13.1 Å². The monoisotopic (exact) mass is 227 g/mol. The molecule has 1 heterocycles. The molecule has 0 bridgehead atoms. The molecule has 2 nitrogen and oxygen atoms in total. The summed E-state index contributed by atoms with van der Waals surface area (Å²) in [6.07, 6.45) is 6.60. The molecule has 0 amide bonds. The van der Waals surface area contributed by atoms with Crippen LogP contribution in [0.1, 0.15) is 25.0 Å². The van der Waals surface area contributed by atoms with E-state index in [9.17, 15) is 4.79 Å². The molecule has 2 heteroatoms. The van der Waals surface area contributed by atoms with Crippen LogP contribution in [-0.4, -0.2) is 10.4 Å². The Bertz CT molecular complexity index is 590. The molecule has 88 valence electrons. The van der Waals surface area contributed by atoms with Gasteiger partial charge in [-0.05, 0) is 37.1 Å². The maximum absolute atomic E-state index is 11.0. The third-order valence-corrected chi connectivity index (χ3v) is 2.99. The Hall–Kier alpha value is -1.83. The van der Waals surface area contributed by atoms with E-state index in [2.05, 4.69) is 35.9 Å². The predicted molar refractivity (Wildman–Crippen MR) is 72.0 cm³/mol. The van der Waals surface area contributed by atoms with E-state index in [0.29, 0.717) is 0 Å². The molecule has 0 aliphatic rings. The van der Waals surface area contributed by atoms with Crippen molar-refractivity contribution in [2.75, 3.05) is 0 Å². The quantitative estimate of drug-likeness (QED) is 0.737. The van der Waals surface area contributed by atoms with Crippen molar-refractivity contribution in [3.8, 4) is 0 Å². The van der Waals surface area contributed by atoms with Gasteiger partial charge in [-0.3, -0.25) is 4.79 Å². The van der Waals surface area contributed by atoms with Crippen LogP contribution in [0.2, 0.25) is 0 Å². The van der Waals surface area contributed by atoms with Crippen LogP contribution in [0.25, 0.3) is 17.0 Å². The molecule has 2 rings (SSSR count). The largest absolute Gasteiger partial charge is 0.350 e. The van der Waals surface area contributed by atoms with Crippen LogP contribution in [0.3, 0.4) is 0 Å². The highest BCUT2D eigenvalue weighted by atomic mass is 16.1. The SMILES string of the molecule is CCc1ccc2c(C=CC(C)=O)cn(C)c2c1. The lowest BCUT2D eigenvalue weighted by molar-refractivity contribution is -0.112. The van der Waals surface area contributed by atoms with Gasteiger partial charge in [0.25, 0.3) is 0 Å². The second kappa shape index (κ2) is 4.58. The third kappa shape index (κ3) is 2.31. The summed E-state index contributed by atoms with van der Waals surface area (Å²) in [7, 11) is 2.03. The number of hydrogen-bond acceptors (Lipinski definition) is 1. The number of benzene rings is 1. The highest BCUT2D eigenvalue weighted by molar-refractivity contribution is 5.96. The molecule has 0 spiro atoms. The number of hydrogen-bond donors (Lipinski definition) is 0. The molecule has 0 atom stereocenters. The summed E-state index contributed by atoms with van der Waals surface area (Å²) in [6, 6.07) is 6.49. The zero-order valence-corrected chi connectivity index (χ0v) is 10.5. The number of ketones is 1. The van der Waals surface area contributed by atoms with Gasteiger partial charge in [-0.25, -0.2) is 0 Å². The summed E-state index contributed by atoms with van der Waals surface area (Å²) in [5, 5.41) is 1.20. The first-order chi connectivity index (χ1) is 8.11. The summed E-state index contributed by atoms with van der Waals surface area (Å²) < 4.78 is 2.11. The zero-order valence-electron chi connectivity index (χ0n) is 10.5. The number of carbonyl (C=O) groups excluding carboxylic acids is 1. The number of rotatable bonds is 3. The maximum atomic E-state index is 11.0. The molecule has 0 saturated carbocycles. The standard InChI is InChI=1S/C15H17NO/c1-4-12-6-8-14-13(7-5-11(2)17)10-16(3)15(14)9-12/h5-10H,4H2,1-3H3. The van der Waals surface area contributed by atoms with Crippen molar-refractivity contribution in [1.82, 2.24) is 4.57 Å². The topological polar surface area (TPSA) is 22.0 Å². The molecule has 0 aliphatic heterocycles. The lowest BCUT2D eigenvalue weighted by Gasteiger charge is -1.99. The van der Waals surface area contributed by atoms with Crippen LogP contribution in [0.5, 0.6) is 0 Å². The van der Waals surface area contributed by atoms with Crippen molar-refractivity contribution in [2.45, 2.75) is 20.3 Å². The first-order valence-corrected chi connectivity index (χ1v) is 5.88. The van der Waals surface area contributed by atoms with Crippen molar-refractivity contribution >= 4 is 22.8 Å². The molecule has 0 fully saturated rings. The number of aromatic nitrogens is 1. The Kier molecular flexibility index (Phi) is 3.14. The van der Waals surface area contributed by atoms with Gasteiger partial charge < -0.3 is 4.57 Å². The molecule has 0 saturated heterocycles. The fraction of sp³-hybridized carbons (Fsp3) is 0.267. The van der Waals surface area contributed by atoms with Gasteiger partial charge in [0.2, 0.25) is 0 Å². The van der Waals surface area contributed by atoms with E-state index in [1.54, 1.807) is 13.0 Å². The van der Waals surface area contributed by atoms with Crippen LogP contribution < -0.4 is 0 Å². The van der Waals surface area contributed by atoms with E-state index in [0.717, 1.165) is 12.0 Å². The highest BCUT2D eigenvalue weighted by Gasteiger charge is 2.04. The van der Waals surface area contributed by atoms with E-state index < -0.39 is 0 Å². The van der Waals surface area contributed by atoms with E-state index in [-0.39, 0.29) is 5.78 Å². The predicted octanol–water partition coefficient (Wildman–Crippen LogP) is 3.34. The Morgan fingerprint density at radius 1 is 1.41 bits per heavy atom. The van der Waals surface area contributed by atoms with Crippen molar-refractivity contribution in [3.05, 3.63) is 41.6 Å². The molecule has 0 unspecified atom stereocenters. The van der Waals surface area contributed by atoms with Gasteiger partial charge >= 0.3 is 0 Å². The van der Waals surface area contributed by atoms with Crippen molar-refractivity contribution in [1.29, 1.82) is 0 Å². The molecule has 0 aliphatic carbocycles. The normalized spacial score (nSPS) is 11.5. The Labute approximate surface area is 102 Å². The molecule has 1 aromatic heterocycles. The van der Waals surface area contributed by atoms with Gasteiger partial charge in [-0.15, -0.1) is 0 Å². The Morgan fingerprint density at radius 2 is 2.18 bits per heavy atom. The van der Waals surface area contributed by atoms with Gasteiger partial charge in [-0.1, -0.05) is 19.1 Å². The summed E-state index contributed by atoms with van der Waals surface area (Å²) in [4.78, 5) is 11.0. The summed E-state index contributed by atoms with van der Waals surface area (Å²) >= 11 is 0. The second-order valence-electron chi connectivity index (χ2n) is 4.34. The molecular weight excluding hydrogens is 210 g/mol. The van der Waals surface area contributed by atoms with Gasteiger partial charge in [0.1, 0.15) is 0 Å². The van der Waals surface area contributed by atoms with E-state index in [1.165, 1.54) is 16.5 Å². The zero-order chi connectivity index (χ0) is 12.4. The molecule has 1 aromatic carbocycles. The number of aryl methyl sites for hydroxylation is 2. The van der Waals surface area contributed by atoms with Crippen LogP contribution in [0.4, 0.5) is 0 Å². The van der Waals surface area contributed by atoms with Gasteiger partial charge in [-0.2, -0.15) is 0 Å². The fourth-order valence-corrected chi connectivity index (χ4v) is 2.02. The van der Waals surface area contributed by atoms with Crippen LogP contribution >= 0.6 is 0 Å². The van der Waals surface area contributed by atoms with Crippen LogP contribution in [0.15, 0.2) is 30.5 Å². The third-order valence-electron chi connectivity index (χ3n) is 2.99. The summed E-state index contributed by atoms with van der Waals surface area (Å²) in [5.74, 6) is 0.0761. The number of fused-ring (bicyclic) bond motifs is 1. The highest BCUT2D eigenvalue weighted by Crippen LogP contribution is 2.23. The smallest absolute Gasteiger partial charge is 0.152 e. The molecule has 17 heavy (non-hydrogen) atoms. The molecule has 0 radical (unpaired) electrons. The van der Waals surface area contributed by atoms with Crippen LogP contribution in [0, 0.1) is 0 Å². The van der Waals surface area contributed by atoms with Crippen molar-refractivity contribution < 1.29 is 4.79 Å². The molecular formula is C15H17NO. The van der Waals surface area contributed by atoms with E-state index >= 15 is 0 Å². The summed E-state index contributed by atoms with van der Waals surface area (Å²) in [6.45, 7) is 3.72. The molecule has 2 aromatic rings. The van der Waals surface area contributed by atoms with Gasteiger partial charge in [0.15, 0.2) is 5.78 Å².